The standard InChI is InChI=1S/C26H24N8O9S4/c1-12-4-20(34-17(28-12)6-31(30-34)11-47(42,43)14-2-3-15(36)16(37)5-14)44-8-13-9-45-24-22(23(39)33(24)21(13)25(40)41)32(19(38)7-35)18-10-46-26(27)29-18/h2-7,10,22,24,30,36-37H,8-9,11H2,1H3,(H2,27,29)(H,40,41)/t22-,24-/m1/s1. The van der Waals surface area contributed by atoms with Gasteiger partial charge in [-0.2, -0.15) is 0 Å². The number of fused-ring (bicyclic) bond motifs is 2. The number of allylic oxidation sites excluding steroid dienone is 1. The number of thiazole rings is 1. The molecule has 4 aliphatic heterocycles. The number of thioether (sulfide) groups is 2. The average Bonchev–Trinajstić information content (AvgIpc) is 3.63. The lowest BCUT2D eigenvalue weighted by atomic mass is 10.0. The molecule has 1 aromatic carbocycles. The topological polar surface area (TPSA) is 239 Å². The molecule has 0 bridgehead atoms. The molecule has 1 aromatic heterocycles. The Bertz CT molecular complexity index is 1960. The Kier molecular flexibility index (Phi) is 8.42. The molecule has 0 unspecified atom stereocenters. The molecule has 5 heterocycles. The molecule has 2 aromatic rings. The van der Waals surface area contributed by atoms with E-state index in [1.54, 1.807) is 13.0 Å². The molecule has 2 amide bonds. The first-order chi connectivity index (χ1) is 22.3. The van der Waals surface area contributed by atoms with Gasteiger partial charge in [-0.25, -0.2) is 28.2 Å². The van der Waals surface area contributed by atoms with E-state index in [4.69, 9.17) is 5.73 Å². The molecule has 0 saturated carbocycles. The first kappa shape index (κ1) is 32.4. The van der Waals surface area contributed by atoms with Crippen molar-refractivity contribution >= 4 is 85.4 Å². The van der Waals surface area contributed by atoms with E-state index >= 15 is 0 Å². The summed E-state index contributed by atoms with van der Waals surface area (Å²) in [5.41, 5.74) is 9.42. The third kappa shape index (κ3) is 5.91. The number of carboxylic acids is 1. The van der Waals surface area contributed by atoms with E-state index in [2.05, 4.69) is 15.5 Å². The van der Waals surface area contributed by atoms with Gasteiger partial charge in [0.1, 0.15) is 28.8 Å². The number of benzene rings is 1. The fraction of sp³-hybridized carbons (Fsp3) is 0.231. The van der Waals surface area contributed by atoms with Gasteiger partial charge in [-0.3, -0.25) is 29.2 Å². The number of carbonyl (C=O) groups excluding carboxylic acids is 3. The second-order valence-corrected chi connectivity index (χ2v) is 15.2. The minimum absolute atomic E-state index is 0.0247. The van der Waals surface area contributed by atoms with Crippen molar-refractivity contribution in [1.82, 2.24) is 25.4 Å². The second kappa shape index (κ2) is 12.2. The number of aldehydes is 1. The molecule has 0 aliphatic carbocycles. The van der Waals surface area contributed by atoms with Crippen molar-refractivity contribution in [2.75, 3.05) is 28.0 Å². The van der Waals surface area contributed by atoms with Crippen LogP contribution in [0.4, 0.5) is 10.9 Å². The number of nitrogens with zero attached hydrogens (tertiary/aromatic N) is 6. The first-order valence-corrected chi connectivity index (χ1v) is 17.9. The maximum atomic E-state index is 13.4. The Morgan fingerprint density at radius 2 is 2.04 bits per heavy atom. The molecule has 6 rings (SSSR count). The van der Waals surface area contributed by atoms with Gasteiger partial charge in [-0.1, -0.05) is 0 Å². The van der Waals surface area contributed by atoms with Crippen LogP contribution in [0.1, 0.15) is 6.92 Å². The van der Waals surface area contributed by atoms with Crippen LogP contribution in [0.3, 0.4) is 0 Å². The number of nitrogens with one attached hydrogen (secondary N) is 1. The number of β-lactam (4-membered cyclic amide) rings is 1. The highest BCUT2D eigenvalue weighted by Crippen LogP contribution is 2.45. The van der Waals surface area contributed by atoms with Crippen molar-refractivity contribution in [3.8, 4) is 11.5 Å². The molecule has 21 heteroatoms. The number of carbonyl (C=O) groups is 4. The maximum Gasteiger partial charge on any atom is 0.352 e. The van der Waals surface area contributed by atoms with Crippen LogP contribution >= 0.6 is 34.9 Å². The zero-order chi connectivity index (χ0) is 33.8. The smallest absolute Gasteiger partial charge is 0.352 e. The number of sulfone groups is 1. The molecule has 4 aliphatic rings. The highest BCUT2D eigenvalue weighted by molar-refractivity contribution is 8.03. The lowest BCUT2D eigenvalue weighted by Crippen LogP contribution is -2.72. The molecule has 6 N–H and O–H groups in total. The fourth-order valence-corrected chi connectivity index (χ4v) is 9.46. The van der Waals surface area contributed by atoms with E-state index in [-0.39, 0.29) is 39.3 Å². The SMILES string of the molecule is CC1=NC2=CN(CS(=O)(=O)c3ccc(O)c(O)c3)NN2C(SCC2=C(C(=O)O)N3C(=O)[C@@H](N(C(=O)C=O)c4csc(N)n4)[C@H]3SC2)=C1. The summed E-state index contributed by atoms with van der Waals surface area (Å²) in [7, 11) is -3.97. The lowest BCUT2D eigenvalue weighted by Gasteiger charge is -2.52. The summed E-state index contributed by atoms with van der Waals surface area (Å²) in [6.45, 7) is 1.74. The Balaban J connectivity index is 1.18. The van der Waals surface area contributed by atoms with E-state index in [0.717, 1.165) is 33.3 Å². The maximum absolute atomic E-state index is 13.4. The molecule has 1 saturated heterocycles. The first-order valence-electron chi connectivity index (χ1n) is 13.4. The van der Waals surface area contributed by atoms with Crippen LogP contribution in [0.2, 0.25) is 0 Å². The molecule has 1 fully saturated rings. The van der Waals surface area contributed by atoms with Crippen LogP contribution in [0.5, 0.6) is 11.5 Å². The van der Waals surface area contributed by atoms with Crippen LogP contribution in [0.25, 0.3) is 0 Å². The van der Waals surface area contributed by atoms with Crippen molar-refractivity contribution < 1.29 is 42.9 Å². The van der Waals surface area contributed by atoms with Crippen LogP contribution in [0.15, 0.2) is 67.9 Å². The van der Waals surface area contributed by atoms with Crippen molar-refractivity contribution in [2.45, 2.75) is 23.2 Å². The van der Waals surface area contributed by atoms with Crippen molar-refractivity contribution in [1.29, 1.82) is 0 Å². The van der Waals surface area contributed by atoms with Gasteiger partial charge in [0, 0.05) is 28.7 Å². The number of aromatic nitrogens is 1. The van der Waals surface area contributed by atoms with Gasteiger partial charge in [-0.15, -0.1) is 40.4 Å². The predicted molar refractivity (Wildman–Crippen MR) is 172 cm³/mol. The van der Waals surface area contributed by atoms with Gasteiger partial charge < -0.3 is 21.1 Å². The monoisotopic (exact) mass is 720 g/mol. The van der Waals surface area contributed by atoms with Gasteiger partial charge in [0.25, 0.3) is 11.8 Å². The van der Waals surface area contributed by atoms with Crippen LogP contribution < -0.4 is 16.2 Å². The van der Waals surface area contributed by atoms with Gasteiger partial charge >= 0.3 is 5.97 Å². The number of amides is 2. The number of aromatic hydroxyl groups is 2. The number of hydrazine groups is 2. The minimum atomic E-state index is -3.97. The molecule has 0 radical (unpaired) electrons. The summed E-state index contributed by atoms with van der Waals surface area (Å²) in [5, 5.41) is 33.6. The molecule has 47 heavy (non-hydrogen) atoms. The van der Waals surface area contributed by atoms with E-state index < -0.39 is 56.4 Å². The number of anilines is 2. The predicted octanol–water partition coefficient (Wildman–Crippen LogP) is 0.607. The van der Waals surface area contributed by atoms with Crippen molar-refractivity contribution in [3.05, 3.63) is 58.0 Å². The normalized spacial score (nSPS) is 20.6. The van der Waals surface area contributed by atoms with Crippen molar-refractivity contribution in [2.24, 2.45) is 4.99 Å². The summed E-state index contributed by atoms with van der Waals surface area (Å²) in [5.74, 6) is -3.90. The number of nitrogens with two attached hydrogens (primary N) is 1. The number of phenols is 2. The zero-order valence-corrected chi connectivity index (χ0v) is 27.3. The number of hydrogen-bond acceptors (Lipinski definition) is 17. The molecule has 246 valence electrons. The van der Waals surface area contributed by atoms with Crippen LogP contribution in [-0.4, -0.2) is 102 Å². The number of carboxylic acid groups (broad SMARTS) is 1. The van der Waals surface area contributed by atoms with E-state index in [1.165, 1.54) is 51.2 Å². The number of rotatable bonds is 10. The van der Waals surface area contributed by atoms with Gasteiger partial charge in [0.15, 0.2) is 32.3 Å². The van der Waals surface area contributed by atoms with E-state index in [1.807, 2.05) is 0 Å². The highest BCUT2D eigenvalue weighted by Gasteiger charge is 2.57. The van der Waals surface area contributed by atoms with E-state index in [0.29, 0.717) is 22.1 Å². The highest BCUT2D eigenvalue weighted by atomic mass is 32.2. The number of aliphatic imine (C=N–C) groups is 1. The molecule has 2 atom stereocenters. The minimum Gasteiger partial charge on any atom is -0.504 e. The fourth-order valence-electron chi connectivity index (χ4n) is 5.11. The van der Waals surface area contributed by atoms with Crippen LogP contribution in [-0.2, 0) is 29.0 Å². The Morgan fingerprint density at radius 1 is 1.28 bits per heavy atom. The Labute approximate surface area is 278 Å². The summed E-state index contributed by atoms with van der Waals surface area (Å²) < 4.78 is 26.0. The quantitative estimate of drug-likeness (QED) is 0.0978. The summed E-state index contributed by atoms with van der Waals surface area (Å²) in [4.78, 5) is 60.1. The van der Waals surface area contributed by atoms with Crippen LogP contribution in [0, 0.1) is 0 Å². The molecular formula is C26H24N8O9S4. The van der Waals surface area contributed by atoms with Gasteiger partial charge in [0.05, 0.1) is 16.1 Å². The summed E-state index contributed by atoms with van der Waals surface area (Å²) in [6.07, 6.45) is 3.25. The van der Waals surface area contributed by atoms with E-state index in [9.17, 15) is 42.9 Å². The summed E-state index contributed by atoms with van der Waals surface area (Å²) >= 11 is 3.49. The molecule has 0 spiro atoms. The number of phenolic OH excluding ortho intramolecular Hbond substituents is 2. The second-order valence-electron chi connectivity index (χ2n) is 10.3. The Hall–Kier alpha value is -4.57. The lowest BCUT2D eigenvalue weighted by molar-refractivity contribution is -0.149. The summed E-state index contributed by atoms with van der Waals surface area (Å²) in [6, 6.07) is 2.03. The van der Waals surface area contributed by atoms with Gasteiger partial charge in [-0.05, 0) is 30.7 Å². The number of nitrogen functional groups attached to an aromatic ring is 1. The zero-order valence-electron chi connectivity index (χ0n) is 24.0. The van der Waals surface area contributed by atoms with Crippen molar-refractivity contribution in [3.63, 3.8) is 0 Å². The molecular weight excluding hydrogens is 697 g/mol. The number of hydrogen-bond donors (Lipinski definition) is 5. The largest absolute Gasteiger partial charge is 0.504 e. The number of aliphatic carboxylic acids is 1. The third-order valence-electron chi connectivity index (χ3n) is 7.18. The third-order valence-corrected chi connectivity index (χ3v) is 11.8. The molecule has 17 nitrogen and oxygen atoms in total. The Morgan fingerprint density at radius 3 is 2.70 bits per heavy atom. The average molecular weight is 721 g/mol. The van der Waals surface area contributed by atoms with Gasteiger partial charge in [0.2, 0.25) is 6.29 Å².